The minimum atomic E-state index is -5.65. The highest BCUT2D eigenvalue weighted by Crippen LogP contribution is 2.38. The molecular weight excluding hydrogens is 211 g/mol. The zero-order valence-electron chi connectivity index (χ0n) is 7.03. The van der Waals surface area contributed by atoms with Gasteiger partial charge in [-0.3, -0.25) is 0 Å². The van der Waals surface area contributed by atoms with E-state index in [0.29, 0.717) is 6.08 Å². The molecule has 0 spiro atoms. The van der Waals surface area contributed by atoms with Crippen LogP contribution >= 0.6 is 0 Å². The number of carboxylic acids is 1. The van der Waals surface area contributed by atoms with E-state index in [4.69, 9.17) is 5.11 Å². The Hall–Kier alpha value is -1.14. The second-order valence-corrected chi connectivity index (χ2v) is 2.60. The Kier molecular flexibility index (Phi) is 3.61. The zero-order valence-corrected chi connectivity index (χ0v) is 7.03. The number of hydrogen-bond acceptors (Lipinski definition) is 1. The summed E-state index contributed by atoms with van der Waals surface area (Å²) in [4.78, 5) is 10.1. The molecule has 0 fully saturated rings. The second-order valence-electron chi connectivity index (χ2n) is 2.60. The monoisotopic (exact) mass is 218 g/mol. The molecular formula is C7H7F5O2. The van der Waals surface area contributed by atoms with E-state index in [2.05, 4.69) is 0 Å². The highest BCUT2D eigenvalue weighted by Gasteiger charge is 2.56. The summed E-state index contributed by atoms with van der Waals surface area (Å²) in [5.74, 6) is -6.41. The molecule has 0 rings (SSSR count). The van der Waals surface area contributed by atoms with Crippen molar-refractivity contribution in [3.63, 3.8) is 0 Å². The Labute approximate surface area is 76.0 Å². The lowest BCUT2D eigenvalue weighted by molar-refractivity contribution is -0.280. The van der Waals surface area contributed by atoms with Gasteiger partial charge in [0.25, 0.3) is 0 Å². The molecule has 82 valence electrons. The van der Waals surface area contributed by atoms with Crippen LogP contribution in [0.4, 0.5) is 22.0 Å². The Morgan fingerprint density at radius 3 is 2.00 bits per heavy atom. The standard InChI is InChI=1S/C7H7F5O2/c1-4(5(13)14)2-3-6(8,9)7(10,11)12/h2H,3H2,1H3,(H,13,14). The van der Waals surface area contributed by atoms with E-state index in [9.17, 15) is 26.7 Å². The molecule has 0 saturated carbocycles. The molecule has 0 aromatic rings. The van der Waals surface area contributed by atoms with Crippen LogP contribution in [0.3, 0.4) is 0 Å². The minimum absolute atomic E-state index is 0.343. The summed E-state index contributed by atoms with van der Waals surface area (Å²) in [6, 6.07) is 0. The first-order valence-corrected chi connectivity index (χ1v) is 3.42. The topological polar surface area (TPSA) is 37.3 Å². The van der Waals surface area contributed by atoms with Crippen LogP contribution in [0, 0.1) is 0 Å². The van der Waals surface area contributed by atoms with Crippen LogP contribution in [0.1, 0.15) is 13.3 Å². The van der Waals surface area contributed by atoms with Crippen molar-refractivity contribution in [3.8, 4) is 0 Å². The fraction of sp³-hybridized carbons (Fsp3) is 0.571. The van der Waals surface area contributed by atoms with Crippen LogP contribution < -0.4 is 0 Å². The van der Waals surface area contributed by atoms with Crippen molar-refractivity contribution in [3.05, 3.63) is 11.6 Å². The van der Waals surface area contributed by atoms with Crippen LogP contribution in [-0.2, 0) is 4.79 Å². The number of aliphatic carboxylic acids is 1. The van der Waals surface area contributed by atoms with E-state index in [0.717, 1.165) is 6.92 Å². The Morgan fingerprint density at radius 1 is 1.29 bits per heavy atom. The van der Waals surface area contributed by atoms with Gasteiger partial charge in [-0.05, 0) is 6.92 Å². The smallest absolute Gasteiger partial charge is 0.453 e. The summed E-state index contributed by atoms with van der Waals surface area (Å²) in [5.41, 5.74) is -0.547. The largest absolute Gasteiger partial charge is 0.478 e. The third kappa shape index (κ3) is 3.31. The van der Waals surface area contributed by atoms with Gasteiger partial charge in [0.1, 0.15) is 0 Å². The third-order valence-electron chi connectivity index (χ3n) is 1.42. The van der Waals surface area contributed by atoms with E-state index in [-0.39, 0.29) is 0 Å². The van der Waals surface area contributed by atoms with Crippen molar-refractivity contribution in [1.82, 2.24) is 0 Å². The average Bonchev–Trinajstić information content (AvgIpc) is 1.97. The average molecular weight is 218 g/mol. The molecule has 0 bridgehead atoms. The van der Waals surface area contributed by atoms with E-state index in [1.807, 2.05) is 0 Å². The summed E-state index contributed by atoms with van der Waals surface area (Å²) in [6.45, 7) is 0.939. The molecule has 0 heterocycles. The van der Waals surface area contributed by atoms with Crippen LogP contribution in [0.5, 0.6) is 0 Å². The van der Waals surface area contributed by atoms with Crippen molar-refractivity contribution in [2.75, 3.05) is 0 Å². The van der Waals surface area contributed by atoms with E-state index in [1.54, 1.807) is 0 Å². The number of rotatable bonds is 3. The number of alkyl halides is 5. The van der Waals surface area contributed by atoms with Gasteiger partial charge in [-0.15, -0.1) is 0 Å². The molecule has 2 nitrogen and oxygen atoms in total. The van der Waals surface area contributed by atoms with Crippen molar-refractivity contribution < 1.29 is 31.9 Å². The van der Waals surface area contributed by atoms with Crippen molar-refractivity contribution in [2.24, 2.45) is 0 Å². The van der Waals surface area contributed by atoms with Gasteiger partial charge in [-0.1, -0.05) is 6.08 Å². The maximum atomic E-state index is 12.2. The normalized spacial score (nSPS) is 14.3. The van der Waals surface area contributed by atoms with Crippen LogP contribution in [0.2, 0.25) is 0 Å². The molecule has 14 heavy (non-hydrogen) atoms. The predicted molar refractivity (Wildman–Crippen MR) is 37.0 cm³/mol. The third-order valence-corrected chi connectivity index (χ3v) is 1.42. The molecule has 0 aliphatic heterocycles. The van der Waals surface area contributed by atoms with Crippen LogP contribution in [0.15, 0.2) is 11.6 Å². The Balaban J connectivity index is 4.55. The molecule has 0 unspecified atom stereocenters. The summed E-state index contributed by atoms with van der Waals surface area (Å²) in [6.07, 6.45) is -6.97. The fourth-order valence-electron chi connectivity index (χ4n) is 0.484. The number of halogens is 5. The molecule has 0 atom stereocenters. The molecule has 0 aliphatic carbocycles. The minimum Gasteiger partial charge on any atom is -0.478 e. The van der Waals surface area contributed by atoms with Gasteiger partial charge < -0.3 is 5.11 Å². The molecule has 0 amide bonds. The maximum Gasteiger partial charge on any atom is 0.453 e. The SMILES string of the molecule is CC(=CCC(F)(F)C(F)(F)F)C(=O)O. The maximum absolute atomic E-state index is 12.2. The van der Waals surface area contributed by atoms with Gasteiger partial charge in [0.05, 0.1) is 0 Å². The van der Waals surface area contributed by atoms with E-state index < -0.39 is 30.1 Å². The molecule has 0 radical (unpaired) electrons. The lowest BCUT2D eigenvalue weighted by Crippen LogP contribution is -2.35. The Bertz CT molecular complexity index is 253. The van der Waals surface area contributed by atoms with E-state index in [1.165, 1.54) is 0 Å². The highest BCUT2D eigenvalue weighted by atomic mass is 19.4. The molecule has 0 aliphatic rings. The second kappa shape index (κ2) is 3.93. The Morgan fingerprint density at radius 2 is 1.71 bits per heavy atom. The quantitative estimate of drug-likeness (QED) is 0.584. The van der Waals surface area contributed by atoms with Gasteiger partial charge in [-0.2, -0.15) is 22.0 Å². The molecule has 1 N–H and O–H groups in total. The molecule has 0 aromatic carbocycles. The highest BCUT2D eigenvalue weighted by molar-refractivity contribution is 5.85. The lowest BCUT2D eigenvalue weighted by atomic mass is 10.1. The van der Waals surface area contributed by atoms with E-state index >= 15 is 0 Å². The molecule has 0 aromatic heterocycles. The van der Waals surface area contributed by atoms with Gasteiger partial charge in [0, 0.05) is 12.0 Å². The fourth-order valence-corrected chi connectivity index (χ4v) is 0.484. The molecule has 7 heteroatoms. The van der Waals surface area contributed by atoms with Crippen molar-refractivity contribution in [2.45, 2.75) is 25.4 Å². The number of allylic oxidation sites excluding steroid dienone is 1. The first-order valence-electron chi connectivity index (χ1n) is 3.42. The number of carboxylic acid groups (broad SMARTS) is 1. The summed E-state index contributed by atoms with van der Waals surface area (Å²) < 4.78 is 59.1. The van der Waals surface area contributed by atoms with Gasteiger partial charge in [0.2, 0.25) is 0 Å². The molecule has 0 saturated heterocycles. The lowest BCUT2D eigenvalue weighted by Gasteiger charge is -2.17. The van der Waals surface area contributed by atoms with Crippen LogP contribution in [0.25, 0.3) is 0 Å². The number of carbonyl (C=O) groups is 1. The first-order chi connectivity index (χ1) is 6.08. The first kappa shape index (κ1) is 12.9. The summed E-state index contributed by atoms with van der Waals surface area (Å²) in [7, 11) is 0. The van der Waals surface area contributed by atoms with Gasteiger partial charge >= 0.3 is 18.1 Å². The van der Waals surface area contributed by atoms with Crippen molar-refractivity contribution in [1.29, 1.82) is 0 Å². The number of hydrogen-bond donors (Lipinski definition) is 1. The predicted octanol–water partition coefficient (Wildman–Crippen LogP) is 2.61. The van der Waals surface area contributed by atoms with Gasteiger partial charge in [-0.25, -0.2) is 4.79 Å². The van der Waals surface area contributed by atoms with Crippen LogP contribution in [-0.4, -0.2) is 23.2 Å². The summed E-state index contributed by atoms with van der Waals surface area (Å²) in [5, 5.41) is 8.19. The summed E-state index contributed by atoms with van der Waals surface area (Å²) >= 11 is 0. The van der Waals surface area contributed by atoms with Gasteiger partial charge in [0.15, 0.2) is 0 Å². The van der Waals surface area contributed by atoms with Crippen molar-refractivity contribution >= 4 is 5.97 Å². The zero-order chi connectivity index (χ0) is 11.6.